The van der Waals surface area contributed by atoms with Crippen LogP contribution in [-0.2, 0) is 14.1 Å². The van der Waals surface area contributed by atoms with Crippen LogP contribution in [0.25, 0.3) is 24.3 Å². The fourth-order valence-corrected chi connectivity index (χ4v) is 4.45. The van der Waals surface area contributed by atoms with Gasteiger partial charge in [-0.3, -0.25) is 0 Å². The highest BCUT2D eigenvalue weighted by atomic mass is 15.3. The monoisotopic (exact) mass is 474 g/mol. The first-order valence-electron chi connectivity index (χ1n) is 12.6. The average Bonchev–Trinajstić information content (AvgIpc) is 2.93. The molecule has 3 heterocycles. The SMILES string of the molecule is C[n+]1ccc(C=Cc2ccc(N3CCN(c4ccc(C=Cc5cc[n+](C)cc5)cc4)CC3)cc2)cc1. The van der Waals surface area contributed by atoms with Gasteiger partial charge in [-0.1, -0.05) is 48.6 Å². The van der Waals surface area contributed by atoms with Crippen molar-refractivity contribution in [3.05, 3.63) is 120 Å². The standard InChI is InChI=1S/C32H34N4/c1-33-19-15-29(16-20-33)5-3-27-7-11-31(12-8-27)35-23-25-36(26-24-35)32-13-9-28(10-14-32)4-6-30-17-21-34(2)22-18-30/h3-22H,23-26H2,1-2H3/q+2. The predicted molar refractivity (Wildman–Crippen MR) is 150 cm³/mol. The van der Waals surface area contributed by atoms with Crippen molar-refractivity contribution in [3.63, 3.8) is 0 Å². The van der Waals surface area contributed by atoms with Gasteiger partial charge in [0.25, 0.3) is 0 Å². The van der Waals surface area contributed by atoms with Crippen LogP contribution in [0.4, 0.5) is 11.4 Å². The molecule has 2 aromatic heterocycles. The summed E-state index contributed by atoms with van der Waals surface area (Å²) in [5, 5.41) is 0. The first-order valence-corrected chi connectivity index (χ1v) is 12.6. The summed E-state index contributed by atoms with van der Waals surface area (Å²) in [4.78, 5) is 4.97. The third-order valence-electron chi connectivity index (χ3n) is 6.74. The molecule has 0 bridgehead atoms. The number of piperazine rings is 1. The number of aryl methyl sites for hydroxylation is 2. The summed E-state index contributed by atoms with van der Waals surface area (Å²) in [5.41, 5.74) is 7.47. The molecule has 180 valence electrons. The van der Waals surface area contributed by atoms with E-state index in [1.165, 1.54) is 33.6 Å². The van der Waals surface area contributed by atoms with Crippen molar-refractivity contribution in [2.75, 3.05) is 36.0 Å². The van der Waals surface area contributed by atoms with Crippen LogP contribution < -0.4 is 18.9 Å². The second-order valence-electron chi connectivity index (χ2n) is 9.42. The van der Waals surface area contributed by atoms with Gasteiger partial charge in [0.2, 0.25) is 0 Å². The molecule has 2 aromatic carbocycles. The van der Waals surface area contributed by atoms with Crippen molar-refractivity contribution in [1.29, 1.82) is 0 Å². The van der Waals surface area contributed by atoms with Crippen LogP contribution in [0.15, 0.2) is 97.6 Å². The maximum Gasteiger partial charge on any atom is 0.169 e. The first-order chi connectivity index (χ1) is 17.6. The molecule has 0 saturated carbocycles. The van der Waals surface area contributed by atoms with E-state index in [9.17, 15) is 0 Å². The number of hydrogen-bond acceptors (Lipinski definition) is 2. The molecule has 4 aromatic rings. The summed E-state index contributed by atoms with van der Waals surface area (Å²) < 4.78 is 4.09. The number of pyridine rings is 2. The van der Waals surface area contributed by atoms with Crippen LogP contribution >= 0.6 is 0 Å². The molecule has 0 amide bonds. The van der Waals surface area contributed by atoms with Gasteiger partial charge >= 0.3 is 0 Å². The van der Waals surface area contributed by atoms with Crippen LogP contribution in [0, 0.1) is 0 Å². The Morgan fingerprint density at radius 1 is 0.444 bits per heavy atom. The zero-order chi connectivity index (χ0) is 24.7. The Morgan fingerprint density at radius 2 is 0.722 bits per heavy atom. The van der Waals surface area contributed by atoms with E-state index in [4.69, 9.17) is 0 Å². The Balaban J connectivity index is 1.14. The van der Waals surface area contributed by atoms with Gasteiger partial charge in [-0.05, 0) is 46.5 Å². The molecule has 1 aliphatic heterocycles. The molecule has 1 saturated heterocycles. The van der Waals surface area contributed by atoms with Crippen molar-refractivity contribution in [2.24, 2.45) is 14.1 Å². The van der Waals surface area contributed by atoms with Crippen molar-refractivity contribution in [3.8, 4) is 0 Å². The summed E-state index contributed by atoms with van der Waals surface area (Å²) >= 11 is 0. The fraction of sp³-hybridized carbons (Fsp3) is 0.188. The van der Waals surface area contributed by atoms with Crippen LogP contribution in [0.3, 0.4) is 0 Å². The van der Waals surface area contributed by atoms with E-state index in [1.807, 2.05) is 23.2 Å². The van der Waals surface area contributed by atoms with Crippen molar-refractivity contribution in [1.82, 2.24) is 0 Å². The van der Waals surface area contributed by atoms with E-state index >= 15 is 0 Å². The molecule has 0 aliphatic carbocycles. The summed E-state index contributed by atoms with van der Waals surface area (Å²) in [6.07, 6.45) is 17.0. The van der Waals surface area contributed by atoms with Crippen molar-refractivity contribution < 1.29 is 9.13 Å². The molecule has 4 nitrogen and oxygen atoms in total. The molecular weight excluding hydrogens is 440 g/mol. The van der Waals surface area contributed by atoms with Gasteiger partial charge < -0.3 is 9.80 Å². The Hall–Kier alpha value is -4.18. The molecule has 0 unspecified atom stereocenters. The zero-order valence-electron chi connectivity index (χ0n) is 21.2. The number of aromatic nitrogens is 2. The minimum absolute atomic E-state index is 1.03. The highest BCUT2D eigenvalue weighted by Crippen LogP contribution is 2.22. The van der Waals surface area contributed by atoms with Crippen LogP contribution in [0.1, 0.15) is 22.3 Å². The Kier molecular flexibility index (Phi) is 7.23. The van der Waals surface area contributed by atoms with E-state index in [-0.39, 0.29) is 0 Å². The summed E-state index contributed by atoms with van der Waals surface area (Å²) in [6, 6.07) is 26.3. The van der Waals surface area contributed by atoms with Crippen LogP contribution in [-0.4, -0.2) is 26.2 Å². The van der Waals surface area contributed by atoms with Crippen molar-refractivity contribution in [2.45, 2.75) is 0 Å². The number of benzene rings is 2. The minimum Gasteiger partial charge on any atom is -0.368 e. The molecule has 5 rings (SSSR count). The third kappa shape index (κ3) is 6.08. The number of hydrogen-bond donors (Lipinski definition) is 0. The van der Waals surface area contributed by atoms with E-state index < -0.39 is 0 Å². The summed E-state index contributed by atoms with van der Waals surface area (Å²) in [7, 11) is 4.07. The van der Waals surface area contributed by atoms with Gasteiger partial charge in [-0.15, -0.1) is 0 Å². The topological polar surface area (TPSA) is 14.2 Å². The van der Waals surface area contributed by atoms with Crippen LogP contribution in [0.2, 0.25) is 0 Å². The maximum absolute atomic E-state index is 2.48. The predicted octanol–water partition coefficient (Wildman–Crippen LogP) is 5.00. The minimum atomic E-state index is 1.03. The van der Waals surface area contributed by atoms with Crippen molar-refractivity contribution >= 4 is 35.7 Å². The Labute approximate surface area is 214 Å². The van der Waals surface area contributed by atoms with Gasteiger partial charge in [0.1, 0.15) is 14.1 Å². The smallest absolute Gasteiger partial charge is 0.169 e. The molecule has 1 aliphatic rings. The molecule has 36 heavy (non-hydrogen) atoms. The highest BCUT2D eigenvalue weighted by Gasteiger charge is 2.17. The average molecular weight is 475 g/mol. The van der Waals surface area contributed by atoms with E-state index in [2.05, 4.69) is 132 Å². The lowest BCUT2D eigenvalue weighted by Crippen LogP contribution is -2.46. The Morgan fingerprint density at radius 3 is 1.03 bits per heavy atom. The molecule has 0 spiro atoms. The van der Waals surface area contributed by atoms with E-state index in [0.717, 1.165) is 26.2 Å². The van der Waals surface area contributed by atoms with Gasteiger partial charge in [0.15, 0.2) is 24.8 Å². The van der Waals surface area contributed by atoms with Gasteiger partial charge in [-0.2, -0.15) is 0 Å². The summed E-state index contributed by atoms with van der Waals surface area (Å²) in [5.74, 6) is 0. The Bertz CT molecular complexity index is 1200. The second-order valence-corrected chi connectivity index (χ2v) is 9.42. The number of nitrogens with zero attached hydrogens (tertiary/aromatic N) is 4. The lowest BCUT2D eigenvalue weighted by atomic mass is 10.1. The molecular formula is C32H34N4+2. The lowest BCUT2D eigenvalue weighted by Gasteiger charge is -2.37. The third-order valence-corrected chi connectivity index (χ3v) is 6.74. The fourth-order valence-electron chi connectivity index (χ4n) is 4.45. The lowest BCUT2D eigenvalue weighted by molar-refractivity contribution is -0.671. The molecule has 0 atom stereocenters. The van der Waals surface area contributed by atoms with Crippen LogP contribution in [0.5, 0.6) is 0 Å². The number of anilines is 2. The maximum atomic E-state index is 2.48. The quantitative estimate of drug-likeness (QED) is 0.365. The van der Waals surface area contributed by atoms with Gasteiger partial charge in [0.05, 0.1) is 0 Å². The molecule has 0 N–H and O–H groups in total. The normalized spacial score (nSPS) is 14.2. The van der Waals surface area contributed by atoms with Gasteiger partial charge in [-0.25, -0.2) is 9.13 Å². The molecule has 1 fully saturated rings. The largest absolute Gasteiger partial charge is 0.368 e. The first kappa shape index (κ1) is 23.6. The zero-order valence-corrected chi connectivity index (χ0v) is 21.2. The molecule has 0 radical (unpaired) electrons. The van der Waals surface area contributed by atoms with Gasteiger partial charge in [0, 0.05) is 61.8 Å². The van der Waals surface area contributed by atoms with E-state index in [0.29, 0.717) is 0 Å². The van der Waals surface area contributed by atoms with E-state index in [1.54, 1.807) is 0 Å². The number of rotatable bonds is 6. The second kappa shape index (κ2) is 11.0. The summed E-state index contributed by atoms with van der Waals surface area (Å²) in [6.45, 7) is 4.12. The highest BCUT2D eigenvalue weighted by molar-refractivity contribution is 5.71. The molecule has 4 heteroatoms.